The van der Waals surface area contributed by atoms with Gasteiger partial charge < -0.3 is 14.8 Å². The summed E-state index contributed by atoms with van der Waals surface area (Å²) in [5, 5.41) is 3.50. The van der Waals surface area contributed by atoms with Crippen LogP contribution in [0.2, 0.25) is 0 Å². The zero-order valence-corrected chi connectivity index (χ0v) is 15.5. The van der Waals surface area contributed by atoms with E-state index in [0.29, 0.717) is 6.61 Å². The third kappa shape index (κ3) is 5.53. The first-order chi connectivity index (χ1) is 10.2. The van der Waals surface area contributed by atoms with Gasteiger partial charge in [-0.2, -0.15) is 0 Å². The fraction of sp³-hybridized carbons (Fsp3) is 0.600. The van der Waals surface area contributed by atoms with Crippen molar-refractivity contribution in [3.63, 3.8) is 0 Å². The zero-order chi connectivity index (χ0) is 15.1. The third-order valence-corrected chi connectivity index (χ3v) is 4.44. The van der Waals surface area contributed by atoms with Crippen LogP contribution in [0.15, 0.2) is 21.1 Å². The van der Waals surface area contributed by atoms with Gasteiger partial charge in [-0.3, -0.25) is 4.90 Å². The van der Waals surface area contributed by atoms with Crippen LogP contribution in [0.5, 0.6) is 5.75 Å². The quantitative estimate of drug-likeness (QED) is 0.686. The monoisotopic (exact) mass is 420 g/mol. The molecule has 1 aromatic carbocycles. The minimum absolute atomic E-state index is 0.668. The number of benzene rings is 1. The fourth-order valence-electron chi connectivity index (χ4n) is 2.34. The smallest absolute Gasteiger partial charge is 0.138 e. The summed E-state index contributed by atoms with van der Waals surface area (Å²) in [6.45, 7) is 9.28. The van der Waals surface area contributed by atoms with Gasteiger partial charge in [0, 0.05) is 42.8 Å². The number of rotatable bonds is 7. The lowest BCUT2D eigenvalue weighted by Gasteiger charge is -2.26. The molecule has 4 nitrogen and oxygen atoms in total. The maximum absolute atomic E-state index is 5.74. The number of hydrogen-bond acceptors (Lipinski definition) is 4. The van der Waals surface area contributed by atoms with Crippen LogP contribution in [0.1, 0.15) is 12.5 Å². The van der Waals surface area contributed by atoms with Crippen molar-refractivity contribution in [2.24, 2.45) is 0 Å². The van der Waals surface area contributed by atoms with Crippen molar-refractivity contribution in [1.82, 2.24) is 10.2 Å². The highest BCUT2D eigenvalue weighted by atomic mass is 79.9. The second kappa shape index (κ2) is 9.10. The summed E-state index contributed by atoms with van der Waals surface area (Å²) in [5.41, 5.74) is 1.17. The number of ether oxygens (including phenoxy) is 2. The van der Waals surface area contributed by atoms with Crippen LogP contribution >= 0.6 is 31.9 Å². The van der Waals surface area contributed by atoms with E-state index in [-0.39, 0.29) is 0 Å². The van der Waals surface area contributed by atoms with E-state index < -0.39 is 0 Å². The molecule has 0 atom stereocenters. The SMILES string of the molecule is CCOc1c(Br)cc(Br)cc1CNCCN1CCOCC1. The molecule has 0 amide bonds. The van der Waals surface area contributed by atoms with Crippen LogP contribution in [0, 0.1) is 0 Å². The van der Waals surface area contributed by atoms with Crippen LogP contribution in [-0.4, -0.2) is 50.9 Å². The summed E-state index contributed by atoms with van der Waals surface area (Å²) in [6, 6.07) is 4.12. The summed E-state index contributed by atoms with van der Waals surface area (Å²) in [6.07, 6.45) is 0. The molecule has 118 valence electrons. The zero-order valence-electron chi connectivity index (χ0n) is 12.3. The third-order valence-electron chi connectivity index (χ3n) is 3.40. The lowest BCUT2D eigenvalue weighted by molar-refractivity contribution is 0.0384. The average Bonchev–Trinajstić information content (AvgIpc) is 2.48. The molecule has 6 heteroatoms. The maximum Gasteiger partial charge on any atom is 0.138 e. The Morgan fingerprint density at radius 2 is 2.05 bits per heavy atom. The molecule has 0 spiro atoms. The molecule has 1 aliphatic heterocycles. The van der Waals surface area contributed by atoms with Crippen LogP contribution in [0.25, 0.3) is 0 Å². The van der Waals surface area contributed by atoms with E-state index in [1.165, 1.54) is 5.56 Å². The van der Waals surface area contributed by atoms with Gasteiger partial charge in [0.1, 0.15) is 5.75 Å². The number of nitrogens with one attached hydrogen (secondary N) is 1. The Labute approximate surface area is 143 Å². The van der Waals surface area contributed by atoms with Crippen LogP contribution < -0.4 is 10.1 Å². The lowest BCUT2D eigenvalue weighted by Crippen LogP contribution is -2.40. The van der Waals surface area contributed by atoms with Crippen molar-refractivity contribution >= 4 is 31.9 Å². The molecule has 1 aliphatic rings. The van der Waals surface area contributed by atoms with Crippen LogP contribution in [0.4, 0.5) is 0 Å². The number of nitrogens with zero attached hydrogens (tertiary/aromatic N) is 1. The minimum Gasteiger partial charge on any atom is -0.492 e. The maximum atomic E-state index is 5.74. The van der Waals surface area contributed by atoms with Gasteiger partial charge in [0.2, 0.25) is 0 Å². The Morgan fingerprint density at radius 3 is 2.76 bits per heavy atom. The van der Waals surface area contributed by atoms with E-state index in [0.717, 1.165) is 60.6 Å². The first-order valence-corrected chi connectivity index (χ1v) is 8.91. The summed E-state index contributed by atoms with van der Waals surface area (Å²) < 4.78 is 13.1. The van der Waals surface area contributed by atoms with Crippen molar-refractivity contribution in [2.75, 3.05) is 46.0 Å². The summed E-state index contributed by atoms with van der Waals surface area (Å²) in [4.78, 5) is 2.43. The molecule has 0 radical (unpaired) electrons. The molecule has 2 rings (SSSR count). The summed E-state index contributed by atoms with van der Waals surface area (Å²) in [5.74, 6) is 0.930. The molecule has 1 saturated heterocycles. The van der Waals surface area contributed by atoms with E-state index in [9.17, 15) is 0 Å². The molecular formula is C15H22Br2N2O2. The summed E-state index contributed by atoms with van der Waals surface area (Å²) in [7, 11) is 0. The summed E-state index contributed by atoms with van der Waals surface area (Å²) >= 11 is 7.10. The molecule has 0 unspecified atom stereocenters. The van der Waals surface area contributed by atoms with Gasteiger partial charge in [0.15, 0.2) is 0 Å². The number of halogens is 2. The second-order valence-electron chi connectivity index (χ2n) is 4.94. The molecule has 1 aromatic rings. The van der Waals surface area contributed by atoms with Gasteiger partial charge in [-0.25, -0.2) is 0 Å². The molecule has 0 aliphatic carbocycles. The Kier molecular flexibility index (Phi) is 7.46. The Hall–Kier alpha value is -0.140. The van der Waals surface area contributed by atoms with Gasteiger partial charge in [0.05, 0.1) is 24.3 Å². The molecule has 0 aromatic heterocycles. The highest BCUT2D eigenvalue weighted by molar-refractivity contribution is 9.11. The van der Waals surface area contributed by atoms with E-state index in [1.807, 2.05) is 13.0 Å². The molecule has 0 bridgehead atoms. The van der Waals surface area contributed by atoms with E-state index in [2.05, 4.69) is 48.1 Å². The van der Waals surface area contributed by atoms with Gasteiger partial charge in [-0.15, -0.1) is 0 Å². The molecular weight excluding hydrogens is 400 g/mol. The molecule has 0 saturated carbocycles. The van der Waals surface area contributed by atoms with Gasteiger partial charge in [-0.05, 0) is 35.0 Å². The van der Waals surface area contributed by atoms with Crippen molar-refractivity contribution in [3.8, 4) is 5.75 Å². The van der Waals surface area contributed by atoms with Gasteiger partial charge in [-0.1, -0.05) is 15.9 Å². The average molecular weight is 422 g/mol. The predicted octanol–water partition coefficient (Wildman–Crippen LogP) is 3.03. The van der Waals surface area contributed by atoms with E-state index in [1.54, 1.807) is 0 Å². The van der Waals surface area contributed by atoms with Gasteiger partial charge in [0.25, 0.3) is 0 Å². The topological polar surface area (TPSA) is 33.7 Å². The first kappa shape index (κ1) is 17.2. The molecule has 21 heavy (non-hydrogen) atoms. The Morgan fingerprint density at radius 1 is 1.29 bits per heavy atom. The predicted molar refractivity (Wildman–Crippen MR) is 92.0 cm³/mol. The van der Waals surface area contributed by atoms with E-state index >= 15 is 0 Å². The van der Waals surface area contributed by atoms with E-state index in [4.69, 9.17) is 9.47 Å². The van der Waals surface area contributed by atoms with Crippen molar-refractivity contribution < 1.29 is 9.47 Å². The normalized spacial score (nSPS) is 16.1. The van der Waals surface area contributed by atoms with Crippen LogP contribution in [-0.2, 0) is 11.3 Å². The van der Waals surface area contributed by atoms with Crippen molar-refractivity contribution in [3.05, 3.63) is 26.6 Å². The first-order valence-electron chi connectivity index (χ1n) is 7.32. The van der Waals surface area contributed by atoms with Crippen molar-refractivity contribution in [1.29, 1.82) is 0 Å². The molecule has 1 heterocycles. The number of hydrogen-bond donors (Lipinski definition) is 1. The van der Waals surface area contributed by atoms with Gasteiger partial charge >= 0.3 is 0 Å². The van der Waals surface area contributed by atoms with Crippen molar-refractivity contribution in [2.45, 2.75) is 13.5 Å². The fourth-order valence-corrected chi connectivity index (χ4v) is 3.76. The largest absolute Gasteiger partial charge is 0.492 e. The molecule has 1 fully saturated rings. The van der Waals surface area contributed by atoms with Crippen LogP contribution in [0.3, 0.4) is 0 Å². The minimum atomic E-state index is 0.668. The Balaban J connectivity index is 1.84. The number of morpholine rings is 1. The lowest BCUT2D eigenvalue weighted by atomic mass is 10.2. The Bertz CT molecular complexity index is 452. The molecule has 1 N–H and O–H groups in total. The highest BCUT2D eigenvalue weighted by Crippen LogP contribution is 2.32. The highest BCUT2D eigenvalue weighted by Gasteiger charge is 2.11. The standard InChI is InChI=1S/C15H22Br2N2O2/c1-2-21-15-12(9-13(16)10-14(15)17)11-18-3-4-19-5-7-20-8-6-19/h9-10,18H,2-8,11H2,1H3. The second-order valence-corrected chi connectivity index (χ2v) is 6.71.